The second-order valence-electron chi connectivity index (χ2n) is 1.25. The highest BCUT2D eigenvalue weighted by Crippen LogP contribution is 1.83. The number of rotatable bonds is 0. The van der Waals surface area contributed by atoms with Crippen molar-refractivity contribution in [3.05, 3.63) is 0 Å². The minimum Gasteiger partial charge on any atom is -0.268 e. The van der Waals surface area contributed by atoms with Gasteiger partial charge in [0.15, 0.2) is 0 Å². The summed E-state index contributed by atoms with van der Waals surface area (Å²) in [5, 5.41) is 0. The summed E-state index contributed by atoms with van der Waals surface area (Å²) < 4.78 is 0. The highest BCUT2D eigenvalue weighted by molar-refractivity contribution is 6.30. The lowest BCUT2D eigenvalue weighted by atomic mass is 10.5. The lowest BCUT2D eigenvalue weighted by molar-refractivity contribution is 1.10. The van der Waals surface area contributed by atoms with Gasteiger partial charge in [0.05, 0.1) is 5.71 Å². The summed E-state index contributed by atoms with van der Waals surface area (Å²) in [6, 6.07) is 0. The van der Waals surface area contributed by atoms with Gasteiger partial charge in [-0.05, 0) is 6.92 Å². The summed E-state index contributed by atoms with van der Waals surface area (Å²) in [4.78, 5) is 7.77. The van der Waals surface area contributed by atoms with Crippen molar-refractivity contribution in [2.24, 2.45) is 9.98 Å². The van der Waals surface area contributed by atoms with Gasteiger partial charge >= 0.3 is 0 Å². The molecule has 2 heteroatoms. The first-order valence-corrected chi connectivity index (χ1v) is 2.90. The molecule has 0 N–H and O–H groups in total. The summed E-state index contributed by atoms with van der Waals surface area (Å²) in [5.41, 5.74) is 1.04. The summed E-state index contributed by atoms with van der Waals surface area (Å²) in [6.45, 7) is 6.59. The third kappa shape index (κ3) is 2.50. The minimum atomic E-state index is 0.645. The SMILES string of the molecule is CC.CC1=NCN=C1. The van der Waals surface area contributed by atoms with Gasteiger partial charge in [0.1, 0.15) is 6.67 Å². The fourth-order valence-corrected chi connectivity index (χ4v) is 0.366. The maximum absolute atomic E-state index is 3.93. The molecule has 0 unspecified atom stereocenters. The predicted molar refractivity (Wildman–Crippen MR) is 37.8 cm³/mol. The van der Waals surface area contributed by atoms with Crippen LogP contribution in [0, 0.1) is 0 Å². The Morgan fingerprint density at radius 1 is 1.50 bits per heavy atom. The van der Waals surface area contributed by atoms with Crippen molar-refractivity contribution in [2.75, 3.05) is 6.67 Å². The van der Waals surface area contributed by atoms with Crippen molar-refractivity contribution in [1.29, 1.82) is 0 Å². The second-order valence-corrected chi connectivity index (χ2v) is 1.25. The largest absolute Gasteiger partial charge is 0.268 e. The summed E-state index contributed by atoms with van der Waals surface area (Å²) >= 11 is 0. The van der Waals surface area contributed by atoms with E-state index in [0.29, 0.717) is 6.67 Å². The van der Waals surface area contributed by atoms with E-state index in [0.717, 1.165) is 5.71 Å². The molecule has 46 valence electrons. The lowest BCUT2D eigenvalue weighted by Crippen LogP contribution is -1.82. The number of hydrogen-bond acceptors (Lipinski definition) is 2. The Hall–Kier alpha value is -0.660. The molecule has 1 heterocycles. The van der Waals surface area contributed by atoms with Crippen molar-refractivity contribution in [3.8, 4) is 0 Å². The molecule has 1 aliphatic rings. The second kappa shape index (κ2) is 4.50. The van der Waals surface area contributed by atoms with Gasteiger partial charge in [-0.2, -0.15) is 0 Å². The highest BCUT2D eigenvalue weighted by atomic mass is 15.0. The Morgan fingerprint density at radius 3 is 2.25 bits per heavy atom. The molecule has 0 aromatic heterocycles. The Bertz CT molecular complexity index is 100. The van der Waals surface area contributed by atoms with Crippen LogP contribution in [0.15, 0.2) is 9.98 Å². The lowest BCUT2D eigenvalue weighted by Gasteiger charge is -1.69. The Kier molecular flexibility index (Phi) is 4.13. The molecule has 8 heavy (non-hydrogen) atoms. The zero-order chi connectivity index (χ0) is 6.41. The molecule has 0 spiro atoms. The Labute approximate surface area is 50.4 Å². The highest BCUT2D eigenvalue weighted by Gasteiger charge is 1.86. The Balaban J connectivity index is 0.000000222. The van der Waals surface area contributed by atoms with E-state index < -0.39 is 0 Å². The first kappa shape index (κ1) is 7.34. The monoisotopic (exact) mass is 112 g/mol. The molecule has 0 aromatic rings. The predicted octanol–water partition coefficient (Wildman–Crippen LogP) is 1.52. The quantitative estimate of drug-likeness (QED) is 0.454. The smallest absolute Gasteiger partial charge is 0.129 e. The molecule has 0 atom stereocenters. The van der Waals surface area contributed by atoms with Gasteiger partial charge < -0.3 is 0 Å². The zero-order valence-electron chi connectivity index (χ0n) is 5.68. The van der Waals surface area contributed by atoms with Crippen molar-refractivity contribution in [2.45, 2.75) is 20.8 Å². The van der Waals surface area contributed by atoms with E-state index in [1.165, 1.54) is 0 Å². The fraction of sp³-hybridized carbons (Fsp3) is 0.667. The van der Waals surface area contributed by atoms with Crippen LogP contribution in [0.4, 0.5) is 0 Å². The molecule has 0 saturated carbocycles. The average Bonchev–Trinajstić information content (AvgIpc) is 2.24. The first-order chi connectivity index (χ1) is 3.89. The van der Waals surface area contributed by atoms with Crippen LogP contribution in [0.5, 0.6) is 0 Å². The van der Waals surface area contributed by atoms with E-state index in [2.05, 4.69) is 9.98 Å². The third-order valence-electron chi connectivity index (χ3n) is 0.680. The van der Waals surface area contributed by atoms with E-state index in [1.54, 1.807) is 6.21 Å². The molecule has 0 fully saturated rings. The molecule has 0 saturated heterocycles. The van der Waals surface area contributed by atoms with Gasteiger partial charge in [-0.3, -0.25) is 9.98 Å². The van der Waals surface area contributed by atoms with Crippen molar-refractivity contribution >= 4 is 11.9 Å². The van der Waals surface area contributed by atoms with Gasteiger partial charge in [0.2, 0.25) is 0 Å². The van der Waals surface area contributed by atoms with Crippen LogP contribution in [0.2, 0.25) is 0 Å². The van der Waals surface area contributed by atoms with Crippen LogP contribution in [-0.4, -0.2) is 18.6 Å². The van der Waals surface area contributed by atoms with E-state index in [4.69, 9.17) is 0 Å². The zero-order valence-corrected chi connectivity index (χ0v) is 5.68. The van der Waals surface area contributed by atoms with Crippen molar-refractivity contribution in [3.63, 3.8) is 0 Å². The number of aliphatic imine (C=N–C) groups is 2. The van der Waals surface area contributed by atoms with Crippen LogP contribution < -0.4 is 0 Å². The van der Waals surface area contributed by atoms with Crippen LogP contribution in [-0.2, 0) is 0 Å². The third-order valence-corrected chi connectivity index (χ3v) is 0.680. The summed E-state index contributed by atoms with van der Waals surface area (Å²) in [6.07, 6.45) is 1.78. The number of nitrogens with zero attached hydrogens (tertiary/aromatic N) is 2. The van der Waals surface area contributed by atoms with E-state index in [-0.39, 0.29) is 0 Å². The molecule has 2 nitrogen and oxygen atoms in total. The van der Waals surface area contributed by atoms with Crippen LogP contribution >= 0.6 is 0 Å². The van der Waals surface area contributed by atoms with Gasteiger partial charge in [-0.1, -0.05) is 13.8 Å². The van der Waals surface area contributed by atoms with Crippen LogP contribution in [0.25, 0.3) is 0 Å². The van der Waals surface area contributed by atoms with Gasteiger partial charge in [-0.25, -0.2) is 0 Å². The molecule has 0 amide bonds. The maximum atomic E-state index is 3.93. The van der Waals surface area contributed by atoms with Crippen LogP contribution in [0.1, 0.15) is 20.8 Å². The van der Waals surface area contributed by atoms with E-state index in [9.17, 15) is 0 Å². The van der Waals surface area contributed by atoms with Crippen LogP contribution in [0.3, 0.4) is 0 Å². The van der Waals surface area contributed by atoms with E-state index in [1.807, 2.05) is 20.8 Å². The fourth-order valence-electron chi connectivity index (χ4n) is 0.366. The van der Waals surface area contributed by atoms with Gasteiger partial charge in [0.25, 0.3) is 0 Å². The minimum absolute atomic E-state index is 0.645. The standard InChI is InChI=1S/C4H6N2.C2H6/c1-4-2-5-3-6-4;1-2/h2H,3H2,1H3;1-2H3. The molecule has 1 aliphatic heterocycles. The molecule has 1 rings (SSSR count). The van der Waals surface area contributed by atoms with Crippen molar-refractivity contribution < 1.29 is 0 Å². The van der Waals surface area contributed by atoms with Gasteiger partial charge in [0, 0.05) is 6.21 Å². The summed E-state index contributed by atoms with van der Waals surface area (Å²) in [7, 11) is 0. The molecular formula is C6H12N2. The molecule has 0 bridgehead atoms. The summed E-state index contributed by atoms with van der Waals surface area (Å²) in [5.74, 6) is 0. The number of hydrogen-bond donors (Lipinski definition) is 0. The molecular weight excluding hydrogens is 100 g/mol. The normalized spacial score (nSPS) is 14.6. The average molecular weight is 112 g/mol. The maximum Gasteiger partial charge on any atom is 0.129 e. The molecule has 0 radical (unpaired) electrons. The molecule has 0 aliphatic carbocycles. The van der Waals surface area contributed by atoms with Gasteiger partial charge in [-0.15, -0.1) is 0 Å². The first-order valence-electron chi connectivity index (χ1n) is 2.90. The Morgan fingerprint density at radius 2 is 2.12 bits per heavy atom. The van der Waals surface area contributed by atoms with Crippen molar-refractivity contribution in [1.82, 2.24) is 0 Å². The molecule has 0 aromatic carbocycles. The van der Waals surface area contributed by atoms with E-state index >= 15 is 0 Å². The topological polar surface area (TPSA) is 24.7 Å².